The van der Waals surface area contributed by atoms with Gasteiger partial charge in [0.15, 0.2) is 9.84 Å². The normalized spacial score (nSPS) is 12.1. The number of phenols is 1. The summed E-state index contributed by atoms with van der Waals surface area (Å²) in [5.74, 6) is 0.440. The van der Waals surface area contributed by atoms with Crippen molar-refractivity contribution in [1.82, 2.24) is 0 Å². The molecule has 1 aromatic carbocycles. The van der Waals surface area contributed by atoms with E-state index in [0.29, 0.717) is 0 Å². The molecule has 0 amide bonds. The highest BCUT2D eigenvalue weighted by Gasteiger charge is 2.13. The van der Waals surface area contributed by atoms with E-state index in [4.69, 9.17) is 0 Å². The number of hydrogen-bond donors (Lipinski definition) is 1. The van der Waals surface area contributed by atoms with Gasteiger partial charge in [0.2, 0.25) is 0 Å². The average Bonchev–Trinajstić information content (AvgIpc) is 2.60. The summed E-state index contributed by atoms with van der Waals surface area (Å²) in [6.07, 6.45) is 0. The number of fused-ring (bicyclic) bond motifs is 1. The zero-order valence-corrected chi connectivity index (χ0v) is 10.4. The molecule has 0 aliphatic carbocycles. The molecule has 0 saturated carbocycles. The van der Waals surface area contributed by atoms with Gasteiger partial charge in [0.05, 0.1) is 5.75 Å². The maximum atomic E-state index is 11.5. The van der Waals surface area contributed by atoms with Crippen LogP contribution in [0.15, 0.2) is 23.6 Å². The Labute approximate surface area is 98.3 Å². The van der Waals surface area contributed by atoms with Crippen LogP contribution >= 0.6 is 11.3 Å². The zero-order chi connectivity index (χ0) is 11.8. The van der Waals surface area contributed by atoms with Gasteiger partial charge in [-0.1, -0.05) is 6.92 Å². The van der Waals surface area contributed by atoms with Crippen molar-refractivity contribution < 1.29 is 13.5 Å². The molecule has 0 atom stereocenters. The van der Waals surface area contributed by atoms with Gasteiger partial charge in [-0.3, -0.25) is 0 Å². The molecule has 0 aliphatic rings. The second-order valence-electron chi connectivity index (χ2n) is 3.62. The Bertz CT molecular complexity index is 611. The van der Waals surface area contributed by atoms with Crippen LogP contribution < -0.4 is 0 Å². The molecule has 0 radical (unpaired) electrons. The number of hydrogen-bond acceptors (Lipinski definition) is 4. The van der Waals surface area contributed by atoms with Crippen molar-refractivity contribution in [2.75, 3.05) is 5.75 Å². The Hall–Kier alpha value is -1.07. The maximum absolute atomic E-state index is 11.5. The Morgan fingerprint density at radius 2 is 2.12 bits per heavy atom. The summed E-state index contributed by atoms with van der Waals surface area (Å²) in [6, 6.07) is 5.00. The average molecular weight is 256 g/mol. The maximum Gasteiger partial charge on any atom is 0.154 e. The van der Waals surface area contributed by atoms with Crippen LogP contribution in [0.4, 0.5) is 0 Å². The van der Waals surface area contributed by atoms with Gasteiger partial charge in [0, 0.05) is 10.5 Å². The van der Waals surface area contributed by atoms with Crippen LogP contribution in [0.3, 0.4) is 0 Å². The van der Waals surface area contributed by atoms with Crippen molar-refractivity contribution in [3.63, 3.8) is 0 Å². The fourth-order valence-corrected chi connectivity index (χ4v) is 3.54. The second-order valence-corrected chi connectivity index (χ2v) is 6.88. The molecule has 1 N–H and O–H groups in total. The number of phenolic OH excluding ortho intramolecular Hbond substituents is 1. The Morgan fingerprint density at radius 1 is 1.38 bits per heavy atom. The van der Waals surface area contributed by atoms with Crippen LogP contribution in [0.1, 0.15) is 12.5 Å². The van der Waals surface area contributed by atoms with E-state index in [2.05, 4.69) is 0 Å². The fraction of sp³-hybridized carbons (Fsp3) is 0.273. The molecule has 0 saturated heterocycles. The summed E-state index contributed by atoms with van der Waals surface area (Å²) in [5.41, 5.74) is 0.821. The zero-order valence-electron chi connectivity index (χ0n) is 8.80. The van der Waals surface area contributed by atoms with Crippen LogP contribution in [0.2, 0.25) is 0 Å². The first-order chi connectivity index (χ1) is 7.52. The summed E-state index contributed by atoms with van der Waals surface area (Å²) in [6.45, 7) is 1.65. The van der Waals surface area contributed by atoms with E-state index in [1.807, 2.05) is 5.38 Å². The lowest BCUT2D eigenvalue weighted by Crippen LogP contribution is -2.05. The van der Waals surface area contributed by atoms with Gasteiger partial charge in [-0.2, -0.15) is 0 Å². The molecule has 86 valence electrons. The van der Waals surface area contributed by atoms with E-state index < -0.39 is 9.84 Å². The lowest BCUT2D eigenvalue weighted by Gasteiger charge is -2.00. The minimum atomic E-state index is -3.00. The SMILES string of the molecule is CCS(=O)(=O)Cc1csc2cc(O)ccc12. The number of sulfone groups is 1. The van der Waals surface area contributed by atoms with Gasteiger partial charge in [0.1, 0.15) is 5.75 Å². The third kappa shape index (κ3) is 2.20. The third-order valence-electron chi connectivity index (χ3n) is 2.45. The summed E-state index contributed by atoms with van der Waals surface area (Å²) in [4.78, 5) is 0. The molecule has 1 heterocycles. The van der Waals surface area contributed by atoms with E-state index in [0.717, 1.165) is 15.6 Å². The predicted molar refractivity (Wildman–Crippen MR) is 66.7 cm³/mol. The second kappa shape index (κ2) is 4.07. The molecule has 5 heteroatoms. The number of rotatable bonds is 3. The van der Waals surface area contributed by atoms with Crippen molar-refractivity contribution in [2.45, 2.75) is 12.7 Å². The van der Waals surface area contributed by atoms with Gasteiger partial charge >= 0.3 is 0 Å². The summed E-state index contributed by atoms with van der Waals surface area (Å²) in [7, 11) is -3.00. The van der Waals surface area contributed by atoms with Gasteiger partial charge in [-0.05, 0) is 34.5 Å². The summed E-state index contributed by atoms with van der Waals surface area (Å²) < 4.78 is 24.0. The molecule has 0 spiro atoms. The molecule has 0 fully saturated rings. The van der Waals surface area contributed by atoms with Crippen LogP contribution in [-0.4, -0.2) is 19.3 Å². The molecule has 2 aromatic rings. The highest BCUT2D eigenvalue weighted by molar-refractivity contribution is 7.90. The number of benzene rings is 1. The van der Waals surface area contributed by atoms with E-state index in [-0.39, 0.29) is 17.3 Å². The number of aromatic hydroxyl groups is 1. The molecule has 0 unspecified atom stereocenters. The fourth-order valence-electron chi connectivity index (χ4n) is 1.52. The first kappa shape index (κ1) is 11.4. The Kier molecular flexibility index (Phi) is 2.90. The van der Waals surface area contributed by atoms with Crippen LogP contribution in [0, 0.1) is 0 Å². The minimum Gasteiger partial charge on any atom is -0.508 e. The minimum absolute atomic E-state index is 0.0777. The molecule has 3 nitrogen and oxygen atoms in total. The van der Waals surface area contributed by atoms with Crippen molar-refractivity contribution >= 4 is 31.3 Å². The lowest BCUT2D eigenvalue weighted by atomic mass is 10.2. The molecular formula is C11H12O3S2. The molecule has 0 aliphatic heterocycles. The monoisotopic (exact) mass is 256 g/mol. The van der Waals surface area contributed by atoms with Gasteiger partial charge < -0.3 is 5.11 Å². The lowest BCUT2D eigenvalue weighted by molar-refractivity contribution is 0.476. The Balaban J connectivity index is 2.47. The molecule has 0 bridgehead atoms. The van der Waals surface area contributed by atoms with Gasteiger partial charge in [0.25, 0.3) is 0 Å². The van der Waals surface area contributed by atoms with Crippen LogP contribution in [0.25, 0.3) is 10.1 Å². The van der Waals surface area contributed by atoms with E-state index in [1.54, 1.807) is 25.1 Å². The van der Waals surface area contributed by atoms with Crippen LogP contribution in [-0.2, 0) is 15.6 Å². The highest BCUT2D eigenvalue weighted by atomic mass is 32.2. The van der Waals surface area contributed by atoms with Crippen LogP contribution in [0.5, 0.6) is 5.75 Å². The van der Waals surface area contributed by atoms with E-state index >= 15 is 0 Å². The smallest absolute Gasteiger partial charge is 0.154 e. The van der Waals surface area contributed by atoms with Crippen molar-refractivity contribution in [3.05, 3.63) is 29.1 Å². The predicted octanol–water partition coefficient (Wildman–Crippen LogP) is 2.54. The first-order valence-electron chi connectivity index (χ1n) is 4.91. The largest absolute Gasteiger partial charge is 0.508 e. The first-order valence-corrected chi connectivity index (χ1v) is 7.61. The molecular weight excluding hydrogens is 244 g/mol. The van der Waals surface area contributed by atoms with Crippen molar-refractivity contribution in [2.24, 2.45) is 0 Å². The topological polar surface area (TPSA) is 54.4 Å². The van der Waals surface area contributed by atoms with E-state index in [9.17, 15) is 13.5 Å². The molecule has 16 heavy (non-hydrogen) atoms. The quantitative estimate of drug-likeness (QED) is 0.918. The van der Waals surface area contributed by atoms with Crippen molar-refractivity contribution in [1.29, 1.82) is 0 Å². The third-order valence-corrected chi connectivity index (χ3v) is 5.08. The summed E-state index contributed by atoms with van der Waals surface area (Å²) in [5, 5.41) is 12.1. The van der Waals surface area contributed by atoms with E-state index in [1.165, 1.54) is 11.3 Å². The van der Waals surface area contributed by atoms with Gasteiger partial charge in [-0.15, -0.1) is 11.3 Å². The van der Waals surface area contributed by atoms with Gasteiger partial charge in [-0.25, -0.2) is 8.42 Å². The Morgan fingerprint density at radius 3 is 2.81 bits per heavy atom. The number of thiophene rings is 1. The summed E-state index contributed by atoms with van der Waals surface area (Å²) >= 11 is 1.45. The standard InChI is InChI=1S/C11H12O3S2/c1-2-16(13,14)7-8-6-15-11-5-9(12)3-4-10(8)11/h3-6,12H,2,7H2,1H3. The van der Waals surface area contributed by atoms with Crippen molar-refractivity contribution in [3.8, 4) is 5.75 Å². The molecule has 1 aromatic heterocycles. The molecule has 2 rings (SSSR count). The highest BCUT2D eigenvalue weighted by Crippen LogP contribution is 2.30.